The zero-order valence-electron chi connectivity index (χ0n) is 23.2. The molecule has 0 spiro atoms. The molecule has 1 heterocycles. The molecule has 0 saturated heterocycles. The lowest BCUT2D eigenvalue weighted by atomic mass is 9.87. The van der Waals surface area contributed by atoms with Crippen LogP contribution >= 0.6 is 0 Å². The Balaban J connectivity index is 1.45. The molecule has 3 aromatic carbocycles. The monoisotopic (exact) mass is 518 g/mol. The summed E-state index contributed by atoms with van der Waals surface area (Å²) >= 11 is 0. The topological polar surface area (TPSA) is 59.1 Å². The minimum absolute atomic E-state index is 0.00210. The summed E-state index contributed by atoms with van der Waals surface area (Å²) in [6.07, 6.45) is 7.40. The lowest BCUT2D eigenvalue weighted by Crippen LogP contribution is -2.37. The number of ketones is 1. The Bertz CT molecular complexity index is 1450. The standard InChI is InChI=1S/C35H38N2O2/c1-23(2)19-34(38)32-22-36-33-18-15-28(21-31(33)30(32)20-25-7-5-4-6-8-25)26-11-13-27(14-12-26)35(39)37-29-16-9-24(3)10-17-29/h4-8,11-15,18,21-24,29H,9-10,16-17,19-20H2,1-3H3,(H,37,39). The highest BCUT2D eigenvalue weighted by molar-refractivity contribution is 6.02. The molecule has 1 aromatic heterocycles. The summed E-state index contributed by atoms with van der Waals surface area (Å²) in [5, 5.41) is 4.22. The molecule has 0 atom stereocenters. The summed E-state index contributed by atoms with van der Waals surface area (Å²) in [5.74, 6) is 1.18. The van der Waals surface area contributed by atoms with Crippen molar-refractivity contribution in [3.8, 4) is 11.1 Å². The Labute approximate surface area is 231 Å². The van der Waals surface area contributed by atoms with Crippen LogP contribution in [0.15, 0.2) is 79.0 Å². The van der Waals surface area contributed by atoms with E-state index in [4.69, 9.17) is 0 Å². The van der Waals surface area contributed by atoms with Gasteiger partial charge in [0.25, 0.3) is 5.91 Å². The molecule has 39 heavy (non-hydrogen) atoms. The number of aromatic nitrogens is 1. The maximum absolute atomic E-state index is 13.2. The highest BCUT2D eigenvalue weighted by atomic mass is 16.1. The SMILES string of the molecule is CC(C)CC(=O)c1cnc2ccc(-c3ccc(C(=O)NC4CCC(C)CC4)cc3)cc2c1Cc1ccccc1. The molecule has 1 aliphatic rings. The minimum atomic E-state index is 0.00210. The Morgan fingerprint density at radius 3 is 2.28 bits per heavy atom. The number of carbonyl (C=O) groups excluding carboxylic acids is 2. The molecular weight excluding hydrogens is 480 g/mol. The van der Waals surface area contributed by atoms with E-state index in [2.05, 4.69) is 55.3 Å². The highest BCUT2D eigenvalue weighted by Gasteiger charge is 2.21. The third-order valence-corrected chi connectivity index (χ3v) is 7.93. The summed E-state index contributed by atoms with van der Waals surface area (Å²) in [6, 6.07) is 24.6. The fourth-order valence-electron chi connectivity index (χ4n) is 5.63. The molecule has 0 bridgehead atoms. The number of fused-ring (bicyclic) bond motifs is 1. The third-order valence-electron chi connectivity index (χ3n) is 7.93. The van der Waals surface area contributed by atoms with Crippen molar-refractivity contribution in [2.45, 2.75) is 65.3 Å². The molecule has 0 unspecified atom stereocenters. The van der Waals surface area contributed by atoms with Gasteiger partial charge in [-0.25, -0.2) is 0 Å². The molecular formula is C35H38N2O2. The molecule has 1 saturated carbocycles. The van der Waals surface area contributed by atoms with Gasteiger partial charge in [0.1, 0.15) is 0 Å². The van der Waals surface area contributed by atoms with Gasteiger partial charge in [-0.1, -0.05) is 69.3 Å². The lowest BCUT2D eigenvalue weighted by Gasteiger charge is -2.26. The van der Waals surface area contributed by atoms with Crippen LogP contribution < -0.4 is 5.32 Å². The number of hydrogen-bond acceptors (Lipinski definition) is 3. The maximum atomic E-state index is 13.2. The largest absolute Gasteiger partial charge is 0.349 e. The van der Waals surface area contributed by atoms with Gasteiger partial charge in [-0.15, -0.1) is 0 Å². The molecule has 4 heteroatoms. The molecule has 0 radical (unpaired) electrons. The van der Waals surface area contributed by atoms with Crippen LogP contribution in [-0.4, -0.2) is 22.7 Å². The van der Waals surface area contributed by atoms with Crippen molar-refractivity contribution in [3.05, 3.63) is 101 Å². The first-order valence-electron chi connectivity index (χ1n) is 14.3. The second kappa shape index (κ2) is 11.9. The zero-order valence-corrected chi connectivity index (χ0v) is 23.2. The summed E-state index contributed by atoms with van der Waals surface area (Å²) in [5.41, 5.74) is 6.54. The van der Waals surface area contributed by atoms with Gasteiger partial charge in [0.15, 0.2) is 5.78 Å². The quantitative estimate of drug-likeness (QED) is 0.240. The van der Waals surface area contributed by atoms with Crippen LogP contribution in [0.4, 0.5) is 0 Å². The number of nitrogens with zero attached hydrogens (tertiary/aromatic N) is 1. The molecule has 200 valence electrons. The second-order valence-corrected chi connectivity index (χ2v) is 11.6. The van der Waals surface area contributed by atoms with Gasteiger partial charge in [-0.05, 0) is 90.5 Å². The number of Topliss-reactive ketones (excluding diaryl/α,β-unsaturated/α-hetero) is 1. The van der Waals surface area contributed by atoms with E-state index in [1.165, 1.54) is 12.8 Å². The van der Waals surface area contributed by atoms with E-state index in [-0.39, 0.29) is 23.7 Å². The van der Waals surface area contributed by atoms with Crippen LogP contribution in [-0.2, 0) is 6.42 Å². The zero-order chi connectivity index (χ0) is 27.4. The summed E-state index contributed by atoms with van der Waals surface area (Å²) in [7, 11) is 0. The highest BCUT2D eigenvalue weighted by Crippen LogP contribution is 2.30. The number of hydrogen-bond donors (Lipinski definition) is 1. The van der Waals surface area contributed by atoms with Crippen LogP contribution in [0.5, 0.6) is 0 Å². The fraction of sp³-hybridized carbons (Fsp3) is 0.343. The molecule has 1 N–H and O–H groups in total. The molecule has 1 fully saturated rings. The normalized spacial score (nSPS) is 17.3. The van der Waals surface area contributed by atoms with Crippen molar-refractivity contribution >= 4 is 22.6 Å². The number of rotatable bonds is 8. The molecule has 4 aromatic rings. The van der Waals surface area contributed by atoms with Gasteiger partial charge in [-0.2, -0.15) is 0 Å². The average molecular weight is 519 g/mol. The molecule has 1 amide bonds. The average Bonchev–Trinajstić information content (AvgIpc) is 2.94. The predicted molar refractivity (Wildman–Crippen MR) is 159 cm³/mol. The van der Waals surface area contributed by atoms with E-state index < -0.39 is 0 Å². The van der Waals surface area contributed by atoms with Crippen molar-refractivity contribution in [2.24, 2.45) is 11.8 Å². The summed E-state index contributed by atoms with van der Waals surface area (Å²) < 4.78 is 0. The van der Waals surface area contributed by atoms with E-state index in [0.717, 1.165) is 51.9 Å². The van der Waals surface area contributed by atoms with Crippen molar-refractivity contribution < 1.29 is 9.59 Å². The summed E-state index contributed by atoms with van der Waals surface area (Å²) in [4.78, 5) is 30.8. The van der Waals surface area contributed by atoms with Crippen LogP contribution in [0, 0.1) is 11.8 Å². The van der Waals surface area contributed by atoms with Gasteiger partial charge in [0, 0.05) is 35.2 Å². The van der Waals surface area contributed by atoms with Gasteiger partial charge in [0.2, 0.25) is 0 Å². The Morgan fingerprint density at radius 2 is 1.59 bits per heavy atom. The van der Waals surface area contributed by atoms with Crippen LogP contribution in [0.25, 0.3) is 22.0 Å². The number of nitrogens with one attached hydrogen (secondary N) is 1. The lowest BCUT2D eigenvalue weighted by molar-refractivity contribution is 0.0921. The third kappa shape index (κ3) is 6.44. The molecule has 4 nitrogen and oxygen atoms in total. The van der Waals surface area contributed by atoms with Gasteiger partial charge < -0.3 is 5.32 Å². The molecule has 1 aliphatic carbocycles. The first-order chi connectivity index (χ1) is 18.9. The van der Waals surface area contributed by atoms with Crippen LogP contribution in [0.1, 0.15) is 84.7 Å². The summed E-state index contributed by atoms with van der Waals surface area (Å²) in [6.45, 7) is 6.43. The van der Waals surface area contributed by atoms with Crippen molar-refractivity contribution in [2.75, 3.05) is 0 Å². The van der Waals surface area contributed by atoms with E-state index >= 15 is 0 Å². The van der Waals surface area contributed by atoms with Gasteiger partial charge >= 0.3 is 0 Å². The first kappa shape index (κ1) is 26.8. The maximum Gasteiger partial charge on any atom is 0.251 e. The Kier molecular flexibility index (Phi) is 8.21. The number of benzene rings is 3. The fourth-order valence-corrected chi connectivity index (χ4v) is 5.63. The van der Waals surface area contributed by atoms with Crippen LogP contribution in [0.2, 0.25) is 0 Å². The van der Waals surface area contributed by atoms with E-state index in [9.17, 15) is 9.59 Å². The van der Waals surface area contributed by atoms with Crippen molar-refractivity contribution in [3.63, 3.8) is 0 Å². The predicted octanol–water partition coefficient (Wildman–Crippen LogP) is 8.03. The first-order valence-corrected chi connectivity index (χ1v) is 14.3. The van der Waals surface area contributed by atoms with Crippen molar-refractivity contribution in [1.29, 1.82) is 0 Å². The minimum Gasteiger partial charge on any atom is -0.349 e. The number of pyridine rings is 1. The molecule has 0 aliphatic heterocycles. The van der Waals surface area contributed by atoms with Crippen molar-refractivity contribution in [1.82, 2.24) is 10.3 Å². The number of amides is 1. The Hall–Kier alpha value is -3.79. The smallest absolute Gasteiger partial charge is 0.251 e. The van der Waals surface area contributed by atoms with E-state index in [1.807, 2.05) is 48.5 Å². The molecule has 5 rings (SSSR count). The van der Waals surface area contributed by atoms with E-state index in [1.54, 1.807) is 6.20 Å². The van der Waals surface area contributed by atoms with Crippen LogP contribution in [0.3, 0.4) is 0 Å². The Morgan fingerprint density at radius 1 is 0.897 bits per heavy atom. The number of carbonyl (C=O) groups is 2. The second-order valence-electron chi connectivity index (χ2n) is 11.6. The van der Waals surface area contributed by atoms with Gasteiger partial charge in [-0.3, -0.25) is 14.6 Å². The van der Waals surface area contributed by atoms with Gasteiger partial charge in [0.05, 0.1) is 5.52 Å². The van der Waals surface area contributed by atoms with E-state index in [0.29, 0.717) is 24.0 Å².